The summed E-state index contributed by atoms with van der Waals surface area (Å²) in [6, 6.07) is 18.0. The fourth-order valence-corrected chi connectivity index (χ4v) is 5.06. The van der Waals surface area contributed by atoms with Crippen molar-refractivity contribution < 1.29 is 13.2 Å². The Bertz CT molecular complexity index is 1150. The van der Waals surface area contributed by atoms with Gasteiger partial charge in [0.2, 0.25) is 10.0 Å². The van der Waals surface area contributed by atoms with Crippen LogP contribution in [-0.4, -0.2) is 59.5 Å². The lowest BCUT2D eigenvalue weighted by Gasteiger charge is -2.34. The van der Waals surface area contributed by atoms with Crippen molar-refractivity contribution in [2.24, 2.45) is 7.05 Å². The third kappa shape index (κ3) is 5.01. The average Bonchev–Trinajstić information content (AvgIpc) is 3.19. The summed E-state index contributed by atoms with van der Waals surface area (Å²) >= 11 is 0. The van der Waals surface area contributed by atoms with E-state index >= 15 is 0 Å². The number of aryl methyl sites for hydroxylation is 1. The highest BCUT2D eigenvalue weighted by Crippen LogP contribution is 2.20. The molecule has 1 aliphatic rings. The van der Waals surface area contributed by atoms with Gasteiger partial charge in [0, 0.05) is 57.6 Å². The van der Waals surface area contributed by atoms with E-state index in [1.165, 1.54) is 22.0 Å². The normalized spacial score (nSPS) is 15.6. The third-order valence-corrected chi connectivity index (χ3v) is 7.16. The van der Waals surface area contributed by atoms with E-state index in [-0.39, 0.29) is 10.5 Å². The number of carbonyl (C=O) groups excluding carboxylic acids is 1. The van der Waals surface area contributed by atoms with Crippen LogP contribution in [0.1, 0.15) is 15.9 Å². The van der Waals surface area contributed by atoms with Crippen LogP contribution < -0.4 is 5.32 Å². The molecule has 2 aromatic carbocycles. The summed E-state index contributed by atoms with van der Waals surface area (Å²) in [4.78, 5) is 14.9. The van der Waals surface area contributed by atoms with Crippen LogP contribution in [0.4, 0.5) is 5.82 Å². The number of rotatable bonds is 6. The Hall–Kier alpha value is -3.01. The minimum absolute atomic E-state index is 0.123. The van der Waals surface area contributed by atoms with Gasteiger partial charge in [0.15, 0.2) is 5.82 Å². The van der Waals surface area contributed by atoms with Crippen molar-refractivity contribution >= 4 is 21.7 Å². The van der Waals surface area contributed by atoms with Crippen LogP contribution in [0.15, 0.2) is 71.8 Å². The van der Waals surface area contributed by atoms with E-state index in [2.05, 4.69) is 27.4 Å². The highest BCUT2D eigenvalue weighted by atomic mass is 32.2. The molecule has 0 radical (unpaired) electrons. The topological polar surface area (TPSA) is 87.5 Å². The molecule has 1 fully saturated rings. The first-order valence-electron chi connectivity index (χ1n) is 10.1. The molecule has 0 aliphatic carbocycles. The third-order valence-electron chi connectivity index (χ3n) is 5.27. The molecule has 1 N–H and O–H groups in total. The molecule has 0 spiro atoms. The van der Waals surface area contributed by atoms with Gasteiger partial charge in [-0.3, -0.25) is 14.4 Å². The van der Waals surface area contributed by atoms with E-state index in [4.69, 9.17) is 0 Å². The fourth-order valence-electron chi connectivity index (χ4n) is 3.59. The molecule has 9 heteroatoms. The predicted octanol–water partition coefficient (Wildman–Crippen LogP) is 2.18. The first-order valence-corrected chi connectivity index (χ1v) is 11.5. The molecule has 162 valence electrons. The van der Waals surface area contributed by atoms with Crippen LogP contribution in [0.2, 0.25) is 0 Å². The summed E-state index contributed by atoms with van der Waals surface area (Å²) in [5.41, 5.74) is 1.49. The monoisotopic (exact) mass is 439 g/mol. The van der Waals surface area contributed by atoms with E-state index in [1.807, 2.05) is 18.2 Å². The zero-order valence-corrected chi connectivity index (χ0v) is 18.1. The van der Waals surface area contributed by atoms with Crippen LogP contribution in [0.3, 0.4) is 0 Å². The van der Waals surface area contributed by atoms with Gasteiger partial charge >= 0.3 is 0 Å². The van der Waals surface area contributed by atoms with Crippen molar-refractivity contribution in [3.63, 3.8) is 0 Å². The van der Waals surface area contributed by atoms with Gasteiger partial charge < -0.3 is 5.32 Å². The number of amides is 1. The van der Waals surface area contributed by atoms with E-state index in [1.54, 1.807) is 36.1 Å². The lowest BCUT2D eigenvalue weighted by molar-refractivity contribution is 0.102. The Morgan fingerprint density at radius 2 is 1.74 bits per heavy atom. The van der Waals surface area contributed by atoms with Crippen LogP contribution in [0.5, 0.6) is 0 Å². The molecule has 31 heavy (non-hydrogen) atoms. The summed E-state index contributed by atoms with van der Waals surface area (Å²) in [6.07, 6.45) is 1.72. The van der Waals surface area contributed by atoms with Gasteiger partial charge in [0.25, 0.3) is 5.91 Å². The zero-order valence-electron chi connectivity index (χ0n) is 17.3. The molecule has 0 atom stereocenters. The highest BCUT2D eigenvalue weighted by Gasteiger charge is 2.29. The van der Waals surface area contributed by atoms with Gasteiger partial charge in [-0.05, 0) is 23.8 Å². The van der Waals surface area contributed by atoms with Crippen molar-refractivity contribution in [2.75, 3.05) is 31.5 Å². The molecule has 0 saturated carbocycles. The van der Waals surface area contributed by atoms with Crippen LogP contribution in [0.25, 0.3) is 0 Å². The second-order valence-electron chi connectivity index (χ2n) is 7.52. The Kier molecular flexibility index (Phi) is 6.17. The lowest BCUT2D eigenvalue weighted by atomic mass is 10.2. The number of sulfonamides is 1. The van der Waals surface area contributed by atoms with Gasteiger partial charge in [-0.15, -0.1) is 0 Å². The lowest BCUT2D eigenvalue weighted by Crippen LogP contribution is -2.48. The molecule has 1 aliphatic heterocycles. The number of benzene rings is 2. The second-order valence-corrected chi connectivity index (χ2v) is 9.46. The molecule has 3 aromatic rings. The largest absolute Gasteiger partial charge is 0.305 e. The summed E-state index contributed by atoms with van der Waals surface area (Å²) in [7, 11) is -1.92. The maximum absolute atomic E-state index is 13.1. The predicted molar refractivity (Wildman–Crippen MR) is 118 cm³/mol. The van der Waals surface area contributed by atoms with E-state index < -0.39 is 15.9 Å². The maximum Gasteiger partial charge on any atom is 0.256 e. The van der Waals surface area contributed by atoms with Crippen molar-refractivity contribution in [3.8, 4) is 0 Å². The van der Waals surface area contributed by atoms with Crippen molar-refractivity contribution in [3.05, 3.63) is 78.0 Å². The van der Waals surface area contributed by atoms with E-state index in [0.717, 1.165) is 6.54 Å². The van der Waals surface area contributed by atoms with Gasteiger partial charge in [-0.1, -0.05) is 36.4 Å². The quantitative estimate of drug-likeness (QED) is 0.636. The number of piperazine rings is 1. The number of hydrogen-bond donors (Lipinski definition) is 1. The molecule has 1 amide bonds. The average molecular weight is 440 g/mol. The van der Waals surface area contributed by atoms with Crippen LogP contribution in [-0.2, 0) is 23.6 Å². The Morgan fingerprint density at radius 1 is 1.00 bits per heavy atom. The summed E-state index contributed by atoms with van der Waals surface area (Å²) < 4.78 is 29.4. The first kappa shape index (κ1) is 21.2. The molecule has 8 nitrogen and oxygen atoms in total. The standard InChI is InChI=1S/C22H25N5O3S/c1-25-11-10-21(24-25)23-22(28)19-8-5-9-20(16-19)31(29,30)27-14-12-26(13-15-27)17-18-6-3-2-4-7-18/h2-11,16H,12-15,17H2,1H3,(H,23,24,28). The molecule has 4 rings (SSSR count). The molecule has 2 heterocycles. The fraction of sp³-hybridized carbons (Fsp3) is 0.273. The minimum Gasteiger partial charge on any atom is -0.305 e. The number of anilines is 1. The Balaban J connectivity index is 1.42. The molecule has 0 bridgehead atoms. The number of nitrogens with one attached hydrogen (secondary N) is 1. The highest BCUT2D eigenvalue weighted by molar-refractivity contribution is 7.89. The molecular formula is C22H25N5O3S. The van der Waals surface area contributed by atoms with Gasteiger partial charge in [0.05, 0.1) is 4.90 Å². The zero-order chi connectivity index (χ0) is 21.8. The number of aromatic nitrogens is 2. The van der Waals surface area contributed by atoms with Gasteiger partial charge in [-0.25, -0.2) is 8.42 Å². The Morgan fingerprint density at radius 3 is 2.42 bits per heavy atom. The van der Waals surface area contributed by atoms with Crippen LogP contribution >= 0.6 is 0 Å². The second kappa shape index (κ2) is 9.01. The maximum atomic E-state index is 13.1. The summed E-state index contributed by atoms with van der Waals surface area (Å²) in [5.74, 6) is 0.0127. The minimum atomic E-state index is -3.68. The first-order chi connectivity index (χ1) is 14.9. The molecule has 1 saturated heterocycles. The SMILES string of the molecule is Cn1ccc(NC(=O)c2cccc(S(=O)(=O)N3CCN(Cc4ccccc4)CC3)c2)n1. The van der Waals surface area contributed by atoms with Crippen molar-refractivity contribution in [1.82, 2.24) is 19.0 Å². The molecule has 1 aromatic heterocycles. The van der Waals surface area contributed by atoms with E-state index in [0.29, 0.717) is 32.0 Å². The molecular weight excluding hydrogens is 414 g/mol. The number of nitrogens with zero attached hydrogens (tertiary/aromatic N) is 4. The number of hydrogen-bond acceptors (Lipinski definition) is 5. The summed E-state index contributed by atoms with van der Waals surface area (Å²) in [5, 5.41) is 6.79. The van der Waals surface area contributed by atoms with E-state index in [9.17, 15) is 13.2 Å². The molecule has 0 unspecified atom stereocenters. The van der Waals surface area contributed by atoms with Crippen LogP contribution in [0, 0.1) is 0 Å². The van der Waals surface area contributed by atoms with Crippen molar-refractivity contribution in [1.29, 1.82) is 0 Å². The van der Waals surface area contributed by atoms with Gasteiger partial charge in [-0.2, -0.15) is 9.40 Å². The smallest absolute Gasteiger partial charge is 0.256 e. The Labute approximate surface area is 182 Å². The van der Waals surface area contributed by atoms with Gasteiger partial charge in [0.1, 0.15) is 0 Å². The van der Waals surface area contributed by atoms with Crippen molar-refractivity contribution in [2.45, 2.75) is 11.4 Å². The number of carbonyl (C=O) groups is 1. The summed E-state index contributed by atoms with van der Waals surface area (Å²) in [6.45, 7) is 2.96.